The van der Waals surface area contributed by atoms with Crippen molar-refractivity contribution >= 4 is 21.7 Å². The summed E-state index contributed by atoms with van der Waals surface area (Å²) in [5.74, 6) is 1.38. The Kier molecular flexibility index (Phi) is 3.72. The van der Waals surface area contributed by atoms with Crippen molar-refractivity contribution < 1.29 is 14.3 Å². The SMILES string of the molecule is COc1cc(C(=O)c2cc(Br)cc3c2OCC3)ccc1C. The van der Waals surface area contributed by atoms with Gasteiger partial charge in [0.2, 0.25) is 0 Å². The lowest BCUT2D eigenvalue weighted by Crippen LogP contribution is -2.05. The molecule has 3 nitrogen and oxygen atoms in total. The van der Waals surface area contributed by atoms with E-state index >= 15 is 0 Å². The topological polar surface area (TPSA) is 35.5 Å². The molecule has 0 radical (unpaired) electrons. The highest BCUT2D eigenvalue weighted by atomic mass is 79.9. The van der Waals surface area contributed by atoms with E-state index in [1.54, 1.807) is 13.2 Å². The summed E-state index contributed by atoms with van der Waals surface area (Å²) in [5, 5.41) is 0. The molecule has 21 heavy (non-hydrogen) atoms. The van der Waals surface area contributed by atoms with Crippen molar-refractivity contribution in [2.75, 3.05) is 13.7 Å². The Hall–Kier alpha value is -1.81. The molecule has 108 valence electrons. The molecule has 0 atom stereocenters. The standard InChI is InChI=1S/C17H15BrO3/c1-10-3-4-11(8-15(10)20-2)16(19)14-9-13(18)7-12-5-6-21-17(12)14/h3-4,7-9H,5-6H2,1-2H3. The van der Waals surface area contributed by atoms with E-state index in [4.69, 9.17) is 9.47 Å². The Morgan fingerprint density at radius 3 is 2.86 bits per heavy atom. The molecular weight excluding hydrogens is 332 g/mol. The van der Waals surface area contributed by atoms with Gasteiger partial charge in [-0.2, -0.15) is 0 Å². The maximum atomic E-state index is 12.8. The number of benzene rings is 2. The van der Waals surface area contributed by atoms with Crippen LogP contribution in [0, 0.1) is 6.92 Å². The van der Waals surface area contributed by atoms with Crippen molar-refractivity contribution in [2.24, 2.45) is 0 Å². The molecule has 0 N–H and O–H groups in total. The van der Waals surface area contributed by atoms with Crippen molar-refractivity contribution in [3.63, 3.8) is 0 Å². The number of hydrogen-bond donors (Lipinski definition) is 0. The van der Waals surface area contributed by atoms with Crippen molar-refractivity contribution in [3.8, 4) is 11.5 Å². The molecule has 0 aromatic heterocycles. The van der Waals surface area contributed by atoms with Gasteiger partial charge in [-0.05, 0) is 36.2 Å². The van der Waals surface area contributed by atoms with Crippen molar-refractivity contribution in [3.05, 3.63) is 57.1 Å². The van der Waals surface area contributed by atoms with E-state index in [-0.39, 0.29) is 5.78 Å². The molecule has 1 aliphatic heterocycles. The highest BCUT2D eigenvalue weighted by Crippen LogP contribution is 2.34. The fourth-order valence-corrected chi connectivity index (χ4v) is 3.06. The number of ketones is 1. The van der Waals surface area contributed by atoms with Crippen LogP contribution in [0.25, 0.3) is 0 Å². The summed E-state index contributed by atoms with van der Waals surface area (Å²) in [6.07, 6.45) is 0.840. The first-order valence-electron chi connectivity index (χ1n) is 6.74. The summed E-state index contributed by atoms with van der Waals surface area (Å²) < 4.78 is 11.8. The van der Waals surface area contributed by atoms with Gasteiger partial charge in [-0.3, -0.25) is 4.79 Å². The average molecular weight is 347 g/mol. The number of carbonyl (C=O) groups is 1. The van der Waals surface area contributed by atoms with Crippen LogP contribution in [0.15, 0.2) is 34.8 Å². The predicted octanol–water partition coefficient (Wildman–Crippen LogP) is 3.93. The molecule has 1 aliphatic rings. The molecule has 2 aromatic carbocycles. The van der Waals surface area contributed by atoms with Crippen LogP contribution in [0.1, 0.15) is 27.0 Å². The van der Waals surface area contributed by atoms with Gasteiger partial charge in [0, 0.05) is 16.5 Å². The predicted molar refractivity (Wildman–Crippen MR) is 84.5 cm³/mol. The largest absolute Gasteiger partial charge is 0.496 e. The van der Waals surface area contributed by atoms with E-state index in [0.717, 1.165) is 22.0 Å². The molecule has 0 unspecified atom stereocenters. The number of carbonyl (C=O) groups excluding carboxylic acids is 1. The molecule has 0 amide bonds. The van der Waals surface area contributed by atoms with Gasteiger partial charge in [0.1, 0.15) is 11.5 Å². The minimum Gasteiger partial charge on any atom is -0.496 e. The van der Waals surface area contributed by atoms with Gasteiger partial charge in [0.25, 0.3) is 0 Å². The number of rotatable bonds is 3. The Morgan fingerprint density at radius 2 is 2.10 bits per heavy atom. The molecule has 0 saturated carbocycles. The fraction of sp³-hybridized carbons (Fsp3) is 0.235. The lowest BCUT2D eigenvalue weighted by Gasteiger charge is -2.10. The van der Waals surface area contributed by atoms with E-state index in [0.29, 0.717) is 29.2 Å². The molecule has 0 bridgehead atoms. The third-order valence-corrected chi connectivity index (χ3v) is 4.12. The van der Waals surface area contributed by atoms with Crippen LogP contribution in [0.3, 0.4) is 0 Å². The fourth-order valence-electron chi connectivity index (χ4n) is 2.55. The third kappa shape index (κ3) is 2.56. The molecular formula is C17H15BrO3. The Morgan fingerprint density at radius 1 is 1.29 bits per heavy atom. The summed E-state index contributed by atoms with van der Waals surface area (Å²) in [7, 11) is 1.61. The number of hydrogen-bond acceptors (Lipinski definition) is 3. The zero-order chi connectivity index (χ0) is 15.0. The summed E-state index contributed by atoms with van der Waals surface area (Å²) in [6.45, 7) is 2.58. The second-order valence-electron chi connectivity index (χ2n) is 5.05. The number of fused-ring (bicyclic) bond motifs is 1. The van der Waals surface area contributed by atoms with Gasteiger partial charge < -0.3 is 9.47 Å². The summed E-state index contributed by atoms with van der Waals surface area (Å²) in [4.78, 5) is 12.8. The molecule has 4 heteroatoms. The molecule has 3 rings (SSSR count). The number of ether oxygens (including phenoxy) is 2. The van der Waals surface area contributed by atoms with Crippen molar-refractivity contribution in [1.82, 2.24) is 0 Å². The van der Waals surface area contributed by atoms with E-state index < -0.39 is 0 Å². The van der Waals surface area contributed by atoms with Crippen LogP contribution >= 0.6 is 15.9 Å². The minimum absolute atomic E-state index is 0.0484. The van der Waals surface area contributed by atoms with Gasteiger partial charge in [-0.25, -0.2) is 0 Å². The molecule has 0 fully saturated rings. The lowest BCUT2D eigenvalue weighted by molar-refractivity contribution is 0.103. The Labute approximate surface area is 132 Å². The molecule has 1 heterocycles. The molecule has 0 spiro atoms. The summed E-state index contributed by atoms with van der Waals surface area (Å²) in [6, 6.07) is 9.32. The smallest absolute Gasteiger partial charge is 0.196 e. The highest BCUT2D eigenvalue weighted by molar-refractivity contribution is 9.10. The van der Waals surface area contributed by atoms with Crippen LogP contribution in [0.5, 0.6) is 11.5 Å². The zero-order valence-electron chi connectivity index (χ0n) is 11.9. The zero-order valence-corrected chi connectivity index (χ0v) is 13.5. The van der Waals surface area contributed by atoms with Crippen LogP contribution in [-0.2, 0) is 6.42 Å². The van der Waals surface area contributed by atoms with Gasteiger partial charge in [0.15, 0.2) is 5.78 Å². The van der Waals surface area contributed by atoms with Crippen LogP contribution in [-0.4, -0.2) is 19.5 Å². The van der Waals surface area contributed by atoms with E-state index in [9.17, 15) is 4.79 Å². The monoisotopic (exact) mass is 346 g/mol. The number of methoxy groups -OCH3 is 1. The molecule has 0 saturated heterocycles. The van der Waals surface area contributed by atoms with Gasteiger partial charge in [-0.15, -0.1) is 0 Å². The van der Waals surface area contributed by atoms with Gasteiger partial charge in [-0.1, -0.05) is 28.1 Å². The number of aryl methyl sites for hydroxylation is 1. The summed E-state index contributed by atoms with van der Waals surface area (Å²) in [5.41, 5.74) is 3.28. The third-order valence-electron chi connectivity index (χ3n) is 3.66. The normalized spacial score (nSPS) is 12.7. The van der Waals surface area contributed by atoms with E-state index in [2.05, 4.69) is 15.9 Å². The quantitative estimate of drug-likeness (QED) is 0.790. The second kappa shape index (κ2) is 5.53. The second-order valence-corrected chi connectivity index (χ2v) is 5.97. The lowest BCUT2D eigenvalue weighted by atomic mass is 9.98. The highest BCUT2D eigenvalue weighted by Gasteiger charge is 2.23. The van der Waals surface area contributed by atoms with Crippen molar-refractivity contribution in [2.45, 2.75) is 13.3 Å². The van der Waals surface area contributed by atoms with Crippen molar-refractivity contribution in [1.29, 1.82) is 0 Å². The van der Waals surface area contributed by atoms with Crippen LogP contribution in [0.4, 0.5) is 0 Å². The maximum Gasteiger partial charge on any atom is 0.196 e. The average Bonchev–Trinajstić information content (AvgIpc) is 2.94. The van der Waals surface area contributed by atoms with Crippen LogP contribution in [0.2, 0.25) is 0 Å². The first-order valence-corrected chi connectivity index (χ1v) is 7.54. The first-order chi connectivity index (χ1) is 10.1. The van der Waals surface area contributed by atoms with Gasteiger partial charge in [0.05, 0.1) is 19.3 Å². The molecule has 2 aromatic rings. The van der Waals surface area contributed by atoms with Gasteiger partial charge >= 0.3 is 0 Å². The Balaban J connectivity index is 2.07. The van der Waals surface area contributed by atoms with E-state index in [1.807, 2.05) is 31.2 Å². The molecule has 0 aliphatic carbocycles. The summed E-state index contributed by atoms with van der Waals surface area (Å²) >= 11 is 3.46. The minimum atomic E-state index is -0.0484. The van der Waals surface area contributed by atoms with Crippen LogP contribution < -0.4 is 9.47 Å². The maximum absolute atomic E-state index is 12.8. The van der Waals surface area contributed by atoms with E-state index in [1.165, 1.54) is 0 Å². The Bertz CT molecular complexity index is 722. The number of halogens is 1. The first kappa shape index (κ1) is 14.1.